The minimum Gasteiger partial charge on any atom is -0.481 e. The van der Waals surface area contributed by atoms with Crippen LogP contribution in [0.3, 0.4) is 0 Å². The van der Waals surface area contributed by atoms with Gasteiger partial charge in [-0.1, -0.05) is 60.2 Å². The van der Waals surface area contributed by atoms with Crippen LogP contribution in [0.5, 0.6) is 0 Å². The first kappa shape index (κ1) is 13.3. The molecule has 0 fully saturated rings. The summed E-state index contributed by atoms with van der Waals surface area (Å²) in [5.74, 6) is -1.18. The summed E-state index contributed by atoms with van der Waals surface area (Å²) in [6, 6.07) is 17.8. The summed E-state index contributed by atoms with van der Waals surface area (Å²) in [5.41, 5.74) is 3.21. The summed E-state index contributed by atoms with van der Waals surface area (Å²) < 4.78 is 0. The maximum Gasteiger partial charge on any atom is 0.310 e. The summed E-state index contributed by atoms with van der Waals surface area (Å²) in [6.07, 6.45) is 1.41. The lowest BCUT2D eigenvalue weighted by molar-refractivity contribution is -0.138. The minimum absolute atomic E-state index is 0.430. The van der Waals surface area contributed by atoms with E-state index in [2.05, 4.69) is 0 Å². The van der Waals surface area contributed by atoms with Gasteiger partial charge in [-0.05, 0) is 30.9 Å². The molecule has 0 aliphatic rings. The van der Waals surface area contributed by atoms with E-state index in [1.165, 1.54) is 5.56 Å². The molecule has 2 aromatic rings. The highest BCUT2D eigenvalue weighted by Crippen LogP contribution is 2.22. The minimum atomic E-state index is -0.750. The Morgan fingerprint density at radius 2 is 1.68 bits per heavy atom. The molecule has 1 atom stereocenters. The molecule has 0 spiro atoms. The van der Waals surface area contributed by atoms with Gasteiger partial charge in [0.15, 0.2) is 0 Å². The molecule has 2 nitrogen and oxygen atoms in total. The third-order valence-electron chi connectivity index (χ3n) is 3.34. The van der Waals surface area contributed by atoms with Crippen LogP contribution in [-0.4, -0.2) is 11.1 Å². The molecular weight excluding hydrogens is 236 g/mol. The molecular formula is C17H18O2. The van der Waals surface area contributed by atoms with Crippen molar-refractivity contribution in [2.24, 2.45) is 0 Å². The number of rotatable bonds is 5. The van der Waals surface area contributed by atoms with Gasteiger partial charge < -0.3 is 5.11 Å². The normalized spacial score (nSPS) is 12.1. The van der Waals surface area contributed by atoms with Gasteiger partial charge in [-0.2, -0.15) is 0 Å². The van der Waals surface area contributed by atoms with Crippen LogP contribution in [-0.2, 0) is 11.2 Å². The first-order valence-electron chi connectivity index (χ1n) is 6.50. The number of benzene rings is 2. The maximum absolute atomic E-state index is 11.4. The largest absolute Gasteiger partial charge is 0.481 e. The number of carbonyl (C=O) groups is 1. The molecule has 0 bridgehead atoms. The van der Waals surface area contributed by atoms with Crippen LogP contribution >= 0.6 is 0 Å². The Kier molecular flexibility index (Phi) is 4.35. The van der Waals surface area contributed by atoms with Crippen molar-refractivity contribution in [2.75, 3.05) is 0 Å². The molecule has 2 heteroatoms. The first-order chi connectivity index (χ1) is 9.16. The number of carboxylic acid groups (broad SMARTS) is 1. The van der Waals surface area contributed by atoms with E-state index in [0.29, 0.717) is 6.42 Å². The highest BCUT2D eigenvalue weighted by atomic mass is 16.4. The van der Waals surface area contributed by atoms with Crippen molar-refractivity contribution in [2.45, 2.75) is 25.7 Å². The van der Waals surface area contributed by atoms with Gasteiger partial charge in [0.2, 0.25) is 0 Å². The molecule has 0 aliphatic heterocycles. The average Bonchev–Trinajstić information content (AvgIpc) is 2.42. The third-order valence-corrected chi connectivity index (χ3v) is 3.34. The molecule has 2 aromatic carbocycles. The summed E-state index contributed by atoms with van der Waals surface area (Å²) >= 11 is 0. The van der Waals surface area contributed by atoms with Crippen LogP contribution in [0.25, 0.3) is 0 Å². The van der Waals surface area contributed by atoms with Gasteiger partial charge in [-0.25, -0.2) is 0 Å². The second kappa shape index (κ2) is 6.19. The zero-order valence-corrected chi connectivity index (χ0v) is 11.0. The number of hydrogen-bond donors (Lipinski definition) is 1. The summed E-state index contributed by atoms with van der Waals surface area (Å²) in [5, 5.41) is 9.37. The van der Waals surface area contributed by atoms with Gasteiger partial charge in [-0.3, -0.25) is 4.79 Å². The molecule has 19 heavy (non-hydrogen) atoms. The molecule has 0 amide bonds. The Hall–Kier alpha value is -2.09. The lowest BCUT2D eigenvalue weighted by Crippen LogP contribution is -2.12. The van der Waals surface area contributed by atoms with Gasteiger partial charge in [-0.15, -0.1) is 0 Å². The first-order valence-corrected chi connectivity index (χ1v) is 6.50. The van der Waals surface area contributed by atoms with Crippen molar-refractivity contribution >= 4 is 5.97 Å². The highest BCUT2D eigenvalue weighted by molar-refractivity contribution is 5.76. The fourth-order valence-electron chi connectivity index (χ4n) is 2.19. The van der Waals surface area contributed by atoms with E-state index in [1.807, 2.05) is 61.5 Å². The summed E-state index contributed by atoms with van der Waals surface area (Å²) in [6.45, 7) is 2.00. The van der Waals surface area contributed by atoms with E-state index in [4.69, 9.17) is 0 Å². The lowest BCUT2D eigenvalue weighted by atomic mass is 9.92. The van der Waals surface area contributed by atoms with Crippen molar-refractivity contribution in [1.29, 1.82) is 0 Å². The van der Waals surface area contributed by atoms with Gasteiger partial charge in [0.05, 0.1) is 5.92 Å². The Morgan fingerprint density at radius 1 is 1.05 bits per heavy atom. The SMILES string of the molecule is Cc1ccc(C(CCc2ccccc2)C(=O)O)cc1. The molecule has 0 saturated heterocycles. The van der Waals surface area contributed by atoms with Crippen LogP contribution in [0.15, 0.2) is 54.6 Å². The zero-order chi connectivity index (χ0) is 13.7. The van der Waals surface area contributed by atoms with Crippen molar-refractivity contribution in [1.82, 2.24) is 0 Å². The van der Waals surface area contributed by atoms with Gasteiger partial charge in [0.25, 0.3) is 0 Å². The molecule has 2 rings (SSSR count). The van der Waals surface area contributed by atoms with Crippen LogP contribution in [0.4, 0.5) is 0 Å². The maximum atomic E-state index is 11.4. The average molecular weight is 254 g/mol. The van der Waals surface area contributed by atoms with Crippen molar-refractivity contribution in [3.63, 3.8) is 0 Å². The van der Waals surface area contributed by atoms with Crippen LogP contribution in [0, 0.1) is 6.92 Å². The smallest absolute Gasteiger partial charge is 0.310 e. The third kappa shape index (κ3) is 3.68. The second-order valence-electron chi connectivity index (χ2n) is 4.83. The molecule has 0 aliphatic carbocycles. The molecule has 1 unspecified atom stereocenters. The van der Waals surface area contributed by atoms with Crippen LogP contribution in [0.2, 0.25) is 0 Å². The predicted molar refractivity (Wildman–Crippen MR) is 76.3 cm³/mol. The molecule has 0 heterocycles. The fourth-order valence-corrected chi connectivity index (χ4v) is 2.19. The van der Waals surface area contributed by atoms with E-state index in [1.54, 1.807) is 0 Å². The van der Waals surface area contributed by atoms with E-state index in [0.717, 1.165) is 17.5 Å². The fraction of sp³-hybridized carbons (Fsp3) is 0.235. The Balaban J connectivity index is 2.09. The predicted octanol–water partition coefficient (Wildman–Crippen LogP) is 3.80. The number of hydrogen-bond acceptors (Lipinski definition) is 1. The summed E-state index contributed by atoms with van der Waals surface area (Å²) in [7, 11) is 0. The van der Waals surface area contributed by atoms with E-state index < -0.39 is 11.9 Å². The van der Waals surface area contributed by atoms with E-state index in [-0.39, 0.29) is 0 Å². The second-order valence-corrected chi connectivity index (χ2v) is 4.83. The van der Waals surface area contributed by atoms with Crippen molar-refractivity contribution in [3.8, 4) is 0 Å². The van der Waals surface area contributed by atoms with Crippen LogP contribution < -0.4 is 0 Å². The molecule has 98 valence electrons. The molecule has 0 saturated carbocycles. The number of carboxylic acids is 1. The molecule has 0 radical (unpaired) electrons. The Bertz CT molecular complexity index is 529. The summed E-state index contributed by atoms with van der Waals surface area (Å²) in [4.78, 5) is 11.4. The monoisotopic (exact) mass is 254 g/mol. The topological polar surface area (TPSA) is 37.3 Å². The van der Waals surface area contributed by atoms with Gasteiger partial charge in [0.1, 0.15) is 0 Å². The van der Waals surface area contributed by atoms with E-state index in [9.17, 15) is 9.90 Å². The standard InChI is InChI=1S/C17H18O2/c1-13-7-10-15(11-8-13)16(17(18)19)12-9-14-5-3-2-4-6-14/h2-8,10-11,16H,9,12H2,1H3,(H,18,19). The lowest BCUT2D eigenvalue weighted by Gasteiger charge is -2.13. The number of aryl methyl sites for hydroxylation is 2. The van der Waals surface area contributed by atoms with E-state index >= 15 is 0 Å². The van der Waals surface area contributed by atoms with Crippen molar-refractivity contribution in [3.05, 3.63) is 71.3 Å². The van der Waals surface area contributed by atoms with Crippen LogP contribution in [0.1, 0.15) is 29.0 Å². The highest BCUT2D eigenvalue weighted by Gasteiger charge is 2.19. The quantitative estimate of drug-likeness (QED) is 0.881. The van der Waals surface area contributed by atoms with Gasteiger partial charge >= 0.3 is 5.97 Å². The number of aliphatic carboxylic acids is 1. The molecule has 1 N–H and O–H groups in total. The zero-order valence-electron chi connectivity index (χ0n) is 11.0. The molecule has 0 aromatic heterocycles. The Morgan fingerprint density at radius 3 is 2.26 bits per heavy atom. The Labute approximate surface area is 113 Å². The van der Waals surface area contributed by atoms with Gasteiger partial charge in [0, 0.05) is 0 Å². The van der Waals surface area contributed by atoms with Crippen molar-refractivity contribution < 1.29 is 9.90 Å².